The van der Waals surface area contributed by atoms with E-state index in [1.54, 1.807) is 17.8 Å². The highest BCUT2D eigenvalue weighted by atomic mass is 35.5. The standard InChI is InChI=1S/C28H26ClF3N8O2S2/c29-21-14-17(30)6-7-20(21)25-24(22-8-12-40(37-22)28(31)32)23-15-19(16-39(23)26(36-25)27-34-11-13-43-27)38-44(41,42)35-10-3-5-18-4-1-2-9-33-18/h1-2,4,6-9,11-14,19,25,28,35,38H,3,5,10,15-16H2/t19-,25-/m0/s1. The molecule has 230 valence electrons. The van der Waals surface area contributed by atoms with Crippen LogP contribution in [0.4, 0.5) is 13.2 Å². The summed E-state index contributed by atoms with van der Waals surface area (Å²) < 4.78 is 73.1. The number of aromatic nitrogens is 4. The quantitative estimate of drug-likeness (QED) is 0.219. The van der Waals surface area contributed by atoms with Crippen molar-refractivity contribution in [3.05, 3.63) is 105 Å². The molecule has 0 radical (unpaired) electrons. The van der Waals surface area contributed by atoms with Gasteiger partial charge in [0.25, 0.3) is 10.2 Å². The van der Waals surface area contributed by atoms with Gasteiger partial charge in [0.15, 0.2) is 10.8 Å². The first-order valence-electron chi connectivity index (χ1n) is 13.6. The summed E-state index contributed by atoms with van der Waals surface area (Å²) in [6.07, 6.45) is 5.84. The van der Waals surface area contributed by atoms with Crippen LogP contribution >= 0.6 is 22.9 Å². The van der Waals surface area contributed by atoms with E-state index in [1.165, 1.54) is 29.5 Å². The molecule has 0 saturated carbocycles. The summed E-state index contributed by atoms with van der Waals surface area (Å²) in [4.78, 5) is 15.5. The molecule has 1 aromatic carbocycles. The zero-order valence-corrected chi connectivity index (χ0v) is 25.3. The van der Waals surface area contributed by atoms with Crippen molar-refractivity contribution >= 4 is 44.6 Å². The van der Waals surface area contributed by atoms with E-state index in [2.05, 4.69) is 24.5 Å². The lowest BCUT2D eigenvalue weighted by molar-refractivity contribution is 0.0564. The maximum absolute atomic E-state index is 14.0. The maximum atomic E-state index is 14.0. The molecule has 3 aromatic heterocycles. The molecule has 4 aromatic rings. The summed E-state index contributed by atoms with van der Waals surface area (Å²) in [6, 6.07) is 9.47. The molecular formula is C28H26ClF3N8O2S2. The number of aryl methyl sites for hydroxylation is 1. The zero-order chi connectivity index (χ0) is 30.8. The molecule has 5 heterocycles. The predicted molar refractivity (Wildman–Crippen MR) is 161 cm³/mol. The van der Waals surface area contributed by atoms with Crippen LogP contribution in [0.2, 0.25) is 5.02 Å². The fourth-order valence-electron chi connectivity index (χ4n) is 5.32. The summed E-state index contributed by atoms with van der Waals surface area (Å²) in [7, 11) is -3.90. The van der Waals surface area contributed by atoms with Crippen molar-refractivity contribution in [2.45, 2.75) is 37.9 Å². The number of halogens is 4. The van der Waals surface area contributed by atoms with Crippen molar-refractivity contribution in [3.63, 3.8) is 0 Å². The second-order valence-electron chi connectivity index (χ2n) is 10.1. The first kappa shape index (κ1) is 30.4. The number of rotatable bonds is 11. The molecule has 16 heteroatoms. The van der Waals surface area contributed by atoms with Gasteiger partial charge in [-0.25, -0.2) is 18.8 Å². The molecule has 6 rings (SSSR count). The Bertz CT molecular complexity index is 1800. The molecule has 1 fully saturated rings. The van der Waals surface area contributed by atoms with Gasteiger partial charge in [-0.3, -0.25) is 9.98 Å². The molecule has 2 atom stereocenters. The van der Waals surface area contributed by atoms with Crippen LogP contribution in [0.3, 0.4) is 0 Å². The van der Waals surface area contributed by atoms with Gasteiger partial charge in [-0.15, -0.1) is 11.3 Å². The first-order chi connectivity index (χ1) is 21.2. The molecule has 44 heavy (non-hydrogen) atoms. The minimum absolute atomic E-state index is 0.0993. The Morgan fingerprint density at radius 3 is 2.70 bits per heavy atom. The third kappa shape index (κ3) is 6.56. The van der Waals surface area contributed by atoms with Crippen molar-refractivity contribution in [1.29, 1.82) is 0 Å². The first-order valence-corrected chi connectivity index (χ1v) is 16.4. The van der Waals surface area contributed by atoms with Crippen LogP contribution < -0.4 is 9.44 Å². The summed E-state index contributed by atoms with van der Waals surface area (Å²) in [5.74, 6) is -0.0817. The molecule has 0 spiro atoms. The largest absolute Gasteiger partial charge is 0.333 e. The molecule has 2 N–H and O–H groups in total. The summed E-state index contributed by atoms with van der Waals surface area (Å²) in [5.41, 5.74) is 2.61. The van der Waals surface area contributed by atoms with Gasteiger partial charge >= 0.3 is 6.55 Å². The van der Waals surface area contributed by atoms with E-state index < -0.39 is 34.7 Å². The number of pyridine rings is 1. The number of thiazole rings is 1. The van der Waals surface area contributed by atoms with Crippen molar-refractivity contribution in [2.75, 3.05) is 13.1 Å². The third-order valence-electron chi connectivity index (χ3n) is 7.17. The number of alkyl halides is 2. The molecular weight excluding hydrogens is 637 g/mol. The molecule has 2 aliphatic heterocycles. The zero-order valence-electron chi connectivity index (χ0n) is 22.9. The van der Waals surface area contributed by atoms with Crippen LogP contribution in [0.1, 0.15) is 47.4 Å². The molecule has 0 aliphatic carbocycles. The average molecular weight is 663 g/mol. The van der Waals surface area contributed by atoms with Crippen LogP contribution in [0.25, 0.3) is 5.57 Å². The summed E-state index contributed by atoms with van der Waals surface area (Å²) >= 11 is 7.83. The van der Waals surface area contributed by atoms with Gasteiger partial charge < -0.3 is 4.90 Å². The second-order valence-corrected chi connectivity index (χ2v) is 13.0. The van der Waals surface area contributed by atoms with Gasteiger partial charge in [0, 0.05) is 77.1 Å². The number of benzene rings is 1. The molecule has 1 saturated heterocycles. The van der Waals surface area contributed by atoms with Crippen LogP contribution in [-0.2, 0) is 16.6 Å². The van der Waals surface area contributed by atoms with Gasteiger partial charge in [0.05, 0.1) is 5.69 Å². The minimum atomic E-state index is -3.90. The van der Waals surface area contributed by atoms with Gasteiger partial charge in [-0.05, 0) is 43.2 Å². The van der Waals surface area contributed by atoms with E-state index in [-0.39, 0.29) is 30.2 Å². The topological polar surface area (TPSA) is 117 Å². The highest BCUT2D eigenvalue weighted by Gasteiger charge is 2.42. The SMILES string of the molecule is O=S(=O)(NCCCc1ccccn1)N[C@H]1CC2=C(c3ccn(C(F)F)n3)[C@H](c3ccc(F)cc3Cl)N=C(c3nccs3)N2C1. The Morgan fingerprint density at radius 1 is 1.14 bits per heavy atom. The highest BCUT2D eigenvalue weighted by molar-refractivity contribution is 7.87. The number of nitrogens with one attached hydrogen (secondary N) is 2. The second kappa shape index (κ2) is 12.8. The Morgan fingerprint density at radius 2 is 2.00 bits per heavy atom. The van der Waals surface area contributed by atoms with Crippen molar-refractivity contribution in [3.8, 4) is 0 Å². The van der Waals surface area contributed by atoms with Crippen LogP contribution in [0.15, 0.2) is 77.1 Å². The van der Waals surface area contributed by atoms with E-state index in [1.807, 2.05) is 23.1 Å². The molecule has 2 aliphatic rings. The fourth-order valence-corrected chi connectivity index (χ4v) is 7.32. The smallest absolute Gasteiger partial charge is 0.326 e. The van der Waals surface area contributed by atoms with E-state index in [9.17, 15) is 21.6 Å². The number of hydrogen-bond donors (Lipinski definition) is 2. The van der Waals surface area contributed by atoms with Crippen LogP contribution in [-0.4, -0.2) is 58.0 Å². The van der Waals surface area contributed by atoms with E-state index in [0.717, 1.165) is 18.0 Å². The monoisotopic (exact) mass is 662 g/mol. The van der Waals surface area contributed by atoms with Gasteiger partial charge in [-0.2, -0.15) is 27.0 Å². The lowest BCUT2D eigenvalue weighted by Crippen LogP contribution is -2.44. The number of aliphatic imine (C=N–C) groups is 1. The Labute approximate surface area is 260 Å². The van der Waals surface area contributed by atoms with Crippen LogP contribution in [0.5, 0.6) is 0 Å². The lowest BCUT2D eigenvalue weighted by Gasteiger charge is -2.32. The predicted octanol–water partition coefficient (Wildman–Crippen LogP) is 4.97. The van der Waals surface area contributed by atoms with Gasteiger partial charge in [0.2, 0.25) is 0 Å². The minimum Gasteiger partial charge on any atom is -0.326 e. The van der Waals surface area contributed by atoms with E-state index in [0.29, 0.717) is 45.2 Å². The Kier molecular flexibility index (Phi) is 8.82. The molecule has 0 amide bonds. The number of nitrogens with zero attached hydrogens (tertiary/aromatic N) is 6. The maximum Gasteiger partial charge on any atom is 0.333 e. The average Bonchev–Trinajstić information content (AvgIpc) is 3.77. The Hall–Kier alpha value is -3.63. The number of fused-ring (bicyclic) bond motifs is 1. The van der Waals surface area contributed by atoms with Crippen LogP contribution in [0, 0.1) is 5.82 Å². The lowest BCUT2D eigenvalue weighted by atomic mass is 9.92. The van der Waals surface area contributed by atoms with Crippen molar-refractivity contribution in [1.82, 2.24) is 34.1 Å². The summed E-state index contributed by atoms with van der Waals surface area (Å²) in [6.45, 7) is -2.47. The molecule has 0 unspecified atom stereocenters. The van der Waals surface area contributed by atoms with Crippen molar-refractivity contribution < 1.29 is 21.6 Å². The molecule has 0 bridgehead atoms. The summed E-state index contributed by atoms with van der Waals surface area (Å²) in [5, 5.41) is 6.56. The van der Waals surface area contributed by atoms with Gasteiger partial charge in [0.1, 0.15) is 11.9 Å². The van der Waals surface area contributed by atoms with Gasteiger partial charge in [-0.1, -0.05) is 23.7 Å². The normalized spacial score (nSPS) is 18.7. The highest BCUT2D eigenvalue weighted by Crippen LogP contribution is 2.46. The van der Waals surface area contributed by atoms with Crippen molar-refractivity contribution in [2.24, 2.45) is 4.99 Å². The number of hydrogen-bond acceptors (Lipinski definition) is 8. The van der Waals surface area contributed by atoms with E-state index in [4.69, 9.17) is 16.6 Å². The van der Waals surface area contributed by atoms with E-state index >= 15 is 0 Å². The fraction of sp³-hybridized carbons (Fsp3) is 0.286. The molecule has 10 nitrogen and oxygen atoms in total. The Balaban J connectivity index is 1.32. The third-order valence-corrected chi connectivity index (χ3v) is 9.50. The number of amidine groups is 1.